The highest BCUT2D eigenvalue weighted by Crippen LogP contribution is 2.13. The van der Waals surface area contributed by atoms with E-state index in [1.807, 2.05) is 0 Å². The highest BCUT2D eigenvalue weighted by Gasteiger charge is 2.13. The molecule has 0 fully saturated rings. The largest absolute Gasteiger partial charge is 0.457 e. The van der Waals surface area contributed by atoms with E-state index in [9.17, 15) is 9.90 Å². The average Bonchev–Trinajstić information content (AvgIpc) is 3.20. The molecule has 0 aliphatic rings. The molecule has 0 saturated heterocycles. The third-order valence-corrected chi connectivity index (χ3v) is 9.95. The van der Waals surface area contributed by atoms with E-state index in [0.29, 0.717) is 13.0 Å². The molecule has 0 bridgehead atoms. The van der Waals surface area contributed by atoms with E-state index in [4.69, 9.17) is 9.47 Å². The van der Waals surface area contributed by atoms with E-state index in [-0.39, 0.29) is 19.2 Å². The first-order valence-electron chi connectivity index (χ1n) is 23.7. The molecule has 0 heterocycles. The molecule has 1 atom stereocenters. The second-order valence-electron chi connectivity index (χ2n) is 15.4. The van der Waals surface area contributed by atoms with Crippen molar-refractivity contribution in [3.63, 3.8) is 0 Å². The predicted molar refractivity (Wildman–Crippen MR) is 246 cm³/mol. The number of carbonyl (C=O) groups excluding carboxylic acids is 1. The molecule has 0 radical (unpaired) electrons. The van der Waals surface area contributed by atoms with Gasteiger partial charge in [0.05, 0.1) is 13.2 Å². The van der Waals surface area contributed by atoms with Gasteiger partial charge in [-0.2, -0.15) is 0 Å². The van der Waals surface area contributed by atoms with Crippen LogP contribution in [0.2, 0.25) is 0 Å². The fourth-order valence-corrected chi connectivity index (χ4v) is 6.44. The number of carbonyl (C=O) groups is 1. The van der Waals surface area contributed by atoms with Crippen LogP contribution in [0.4, 0.5) is 0 Å². The zero-order valence-corrected chi connectivity index (χ0v) is 36.9. The fraction of sp³-hybridized carbons (Fsp3) is 0.712. The SMILES string of the molecule is CC/C=C\C/C=C\C/C=C\C/C=C\C/C=C\C/C=C\CCCCCCCCC(=O)OC(CO)COCCCCCCCCCC/C=C\CCCCCCCCC. The lowest BCUT2D eigenvalue weighted by Gasteiger charge is -2.15. The summed E-state index contributed by atoms with van der Waals surface area (Å²) in [6, 6.07) is 0. The van der Waals surface area contributed by atoms with Crippen molar-refractivity contribution >= 4 is 5.97 Å². The van der Waals surface area contributed by atoms with Gasteiger partial charge >= 0.3 is 5.97 Å². The minimum absolute atomic E-state index is 0.183. The van der Waals surface area contributed by atoms with Crippen molar-refractivity contribution < 1.29 is 19.4 Å². The summed E-state index contributed by atoms with van der Waals surface area (Å²) in [6.07, 6.45) is 68.0. The Morgan fingerprint density at radius 3 is 1.23 bits per heavy atom. The second kappa shape index (κ2) is 48.7. The zero-order chi connectivity index (χ0) is 40.5. The number of esters is 1. The van der Waals surface area contributed by atoms with Crippen molar-refractivity contribution in [1.82, 2.24) is 0 Å². The molecule has 0 aliphatic carbocycles. The van der Waals surface area contributed by atoms with Gasteiger partial charge in [-0.3, -0.25) is 4.79 Å². The van der Waals surface area contributed by atoms with Crippen molar-refractivity contribution in [3.05, 3.63) is 85.1 Å². The van der Waals surface area contributed by atoms with Crippen molar-refractivity contribution in [3.8, 4) is 0 Å². The summed E-state index contributed by atoms with van der Waals surface area (Å²) >= 11 is 0. The Balaban J connectivity index is 3.51. The average molecular weight is 779 g/mol. The lowest BCUT2D eigenvalue weighted by molar-refractivity contribution is -0.154. The number of allylic oxidation sites excluding steroid dienone is 14. The van der Waals surface area contributed by atoms with Gasteiger partial charge in [0.25, 0.3) is 0 Å². The highest BCUT2D eigenvalue weighted by molar-refractivity contribution is 5.69. The van der Waals surface area contributed by atoms with Gasteiger partial charge in [0.1, 0.15) is 6.10 Å². The van der Waals surface area contributed by atoms with E-state index in [1.54, 1.807) is 0 Å². The summed E-state index contributed by atoms with van der Waals surface area (Å²) in [4.78, 5) is 12.2. The Kier molecular flexibility index (Phi) is 46.6. The third kappa shape index (κ3) is 46.0. The standard InChI is InChI=1S/C52H90O4/c1-3-5-7-9-11-13-15-17-19-21-23-24-25-26-27-28-29-31-33-35-37-39-41-43-45-47-52(54)56-51(49-53)50-55-48-46-44-42-40-38-36-34-32-30-22-20-18-16-14-12-10-8-6-4-2/h5,7,11,13,17,19-20,22-24,26-27,29,31,51,53H,3-4,6,8-10,12,14-16,18,21,25,28,30,32-50H2,1-2H3/b7-5-,13-11-,19-17-,22-20-,24-23-,27-26-,31-29-. The Labute approximate surface area is 348 Å². The van der Waals surface area contributed by atoms with E-state index >= 15 is 0 Å². The number of hydrogen-bond donors (Lipinski definition) is 1. The Morgan fingerprint density at radius 2 is 0.804 bits per heavy atom. The molecule has 56 heavy (non-hydrogen) atoms. The van der Waals surface area contributed by atoms with Crippen molar-refractivity contribution in [2.75, 3.05) is 19.8 Å². The maximum atomic E-state index is 12.2. The second-order valence-corrected chi connectivity index (χ2v) is 15.4. The summed E-state index contributed by atoms with van der Waals surface area (Å²) < 4.78 is 11.2. The van der Waals surface area contributed by atoms with Crippen LogP contribution in [0.3, 0.4) is 0 Å². The number of rotatable bonds is 43. The summed E-state index contributed by atoms with van der Waals surface area (Å²) in [5.74, 6) is -0.218. The molecule has 0 aromatic rings. The first-order valence-corrected chi connectivity index (χ1v) is 23.7. The van der Waals surface area contributed by atoms with Gasteiger partial charge in [-0.15, -0.1) is 0 Å². The van der Waals surface area contributed by atoms with Crippen LogP contribution in [-0.2, 0) is 14.3 Å². The third-order valence-electron chi connectivity index (χ3n) is 9.95. The van der Waals surface area contributed by atoms with Gasteiger partial charge in [-0.1, -0.05) is 202 Å². The first-order chi connectivity index (χ1) is 27.7. The molecular weight excluding hydrogens is 689 g/mol. The van der Waals surface area contributed by atoms with Crippen LogP contribution in [0.5, 0.6) is 0 Å². The van der Waals surface area contributed by atoms with Crippen LogP contribution < -0.4 is 0 Å². The molecule has 0 aromatic heterocycles. The molecule has 322 valence electrons. The minimum Gasteiger partial charge on any atom is -0.457 e. The van der Waals surface area contributed by atoms with Crippen LogP contribution in [0, 0.1) is 0 Å². The number of hydrogen-bond acceptors (Lipinski definition) is 4. The van der Waals surface area contributed by atoms with Gasteiger partial charge in [-0.05, 0) is 89.9 Å². The molecule has 4 nitrogen and oxygen atoms in total. The van der Waals surface area contributed by atoms with Gasteiger partial charge < -0.3 is 14.6 Å². The van der Waals surface area contributed by atoms with Crippen molar-refractivity contribution in [2.45, 2.75) is 219 Å². The summed E-state index contributed by atoms with van der Waals surface area (Å²) in [7, 11) is 0. The van der Waals surface area contributed by atoms with Crippen LogP contribution in [0.25, 0.3) is 0 Å². The molecule has 0 rings (SSSR count). The lowest BCUT2D eigenvalue weighted by Crippen LogP contribution is -2.27. The van der Waals surface area contributed by atoms with E-state index in [0.717, 1.165) is 70.6 Å². The molecule has 1 N–H and O–H groups in total. The molecule has 0 amide bonds. The summed E-state index contributed by atoms with van der Waals surface area (Å²) in [6.45, 7) is 5.21. The maximum absolute atomic E-state index is 12.2. The van der Waals surface area contributed by atoms with E-state index in [2.05, 4.69) is 98.9 Å². The number of ether oxygens (including phenoxy) is 2. The molecule has 0 aliphatic heterocycles. The first kappa shape index (κ1) is 53.6. The molecule has 1 unspecified atom stereocenters. The van der Waals surface area contributed by atoms with E-state index < -0.39 is 6.10 Å². The predicted octanol–water partition coefficient (Wildman–Crippen LogP) is 15.9. The van der Waals surface area contributed by atoms with Crippen molar-refractivity contribution in [2.24, 2.45) is 0 Å². The van der Waals surface area contributed by atoms with E-state index in [1.165, 1.54) is 122 Å². The van der Waals surface area contributed by atoms with Gasteiger partial charge in [0, 0.05) is 13.0 Å². The number of unbranched alkanes of at least 4 members (excludes halogenated alkanes) is 21. The van der Waals surface area contributed by atoms with Gasteiger partial charge in [-0.25, -0.2) is 0 Å². The van der Waals surface area contributed by atoms with Gasteiger partial charge in [0.2, 0.25) is 0 Å². The highest BCUT2D eigenvalue weighted by atomic mass is 16.6. The molecular formula is C52H90O4. The number of aliphatic hydroxyl groups excluding tert-OH is 1. The Morgan fingerprint density at radius 1 is 0.446 bits per heavy atom. The topological polar surface area (TPSA) is 55.8 Å². The molecule has 0 spiro atoms. The lowest BCUT2D eigenvalue weighted by atomic mass is 10.1. The quantitative estimate of drug-likeness (QED) is 0.0380. The smallest absolute Gasteiger partial charge is 0.306 e. The molecule has 0 saturated carbocycles. The molecule has 4 heteroatoms. The number of aliphatic hydroxyl groups is 1. The van der Waals surface area contributed by atoms with Crippen LogP contribution in [0.15, 0.2) is 85.1 Å². The molecule has 0 aromatic carbocycles. The monoisotopic (exact) mass is 779 g/mol. The Bertz CT molecular complexity index is 1000. The minimum atomic E-state index is -0.549. The normalized spacial score (nSPS) is 13.1. The fourth-order valence-electron chi connectivity index (χ4n) is 6.44. The van der Waals surface area contributed by atoms with Gasteiger partial charge in [0.15, 0.2) is 0 Å². The zero-order valence-electron chi connectivity index (χ0n) is 36.9. The van der Waals surface area contributed by atoms with Crippen LogP contribution >= 0.6 is 0 Å². The maximum Gasteiger partial charge on any atom is 0.306 e. The summed E-state index contributed by atoms with van der Waals surface area (Å²) in [5.41, 5.74) is 0. The van der Waals surface area contributed by atoms with Crippen molar-refractivity contribution in [1.29, 1.82) is 0 Å². The van der Waals surface area contributed by atoms with Crippen LogP contribution in [0.1, 0.15) is 213 Å². The Hall–Kier alpha value is -2.43. The summed E-state index contributed by atoms with van der Waals surface area (Å²) in [5, 5.41) is 9.63. The van der Waals surface area contributed by atoms with Crippen LogP contribution in [-0.4, -0.2) is 37.0 Å².